The molecule has 0 spiro atoms. The summed E-state index contributed by atoms with van der Waals surface area (Å²) in [6.45, 7) is -0.858. The number of aliphatic hydroxyl groups excluding tert-OH is 1. The maximum Gasteiger partial charge on any atom is 0.324 e. The zero-order valence-corrected chi connectivity index (χ0v) is 12.0. The van der Waals surface area contributed by atoms with E-state index in [9.17, 15) is 13.2 Å². The maximum atomic E-state index is 11.9. The number of aliphatic hydroxyl groups is 1. The molecule has 0 saturated carbocycles. The van der Waals surface area contributed by atoms with Crippen LogP contribution >= 0.6 is 27.5 Å². The van der Waals surface area contributed by atoms with Crippen molar-refractivity contribution in [2.75, 3.05) is 6.61 Å². The third-order valence-electron chi connectivity index (χ3n) is 1.96. The second kappa shape index (κ2) is 5.98. The van der Waals surface area contributed by atoms with Gasteiger partial charge in [0.25, 0.3) is 0 Å². The Morgan fingerprint density at radius 1 is 1.50 bits per heavy atom. The fourth-order valence-corrected chi connectivity index (χ4v) is 3.33. The number of carboxylic acid groups (broad SMARTS) is 1. The summed E-state index contributed by atoms with van der Waals surface area (Å²) in [6, 6.07) is 2.43. The van der Waals surface area contributed by atoms with Gasteiger partial charge in [-0.1, -0.05) is 27.5 Å². The molecule has 18 heavy (non-hydrogen) atoms. The largest absolute Gasteiger partial charge is 0.480 e. The predicted molar refractivity (Wildman–Crippen MR) is 68.0 cm³/mol. The van der Waals surface area contributed by atoms with Gasteiger partial charge < -0.3 is 10.2 Å². The van der Waals surface area contributed by atoms with Crippen molar-refractivity contribution in [3.8, 4) is 0 Å². The van der Waals surface area contributed by atoms with E-state index in [1.165, 1.54) is 18.2 Å². The van der Waals surface area contributed by atoms with E-state index >= 15 is 0 Å². The highest BCUT2D eigenvalue weighted by atomic mass is 79.9. The number of rotatable bonds is 5. The molecule has 1 atom stereocenters. The van der Waals surface area contributed by atoms with Crippen molar-refractivity contribution >= 4 is 43.5 Å². The first-order valence-electron chi connectivity index (χ1n) is 4.59. The van der Waals surface area contributed by atoms with Crippen molar-refractivity contribution in [2.45, 2.75) is 10.9 Å². The van der Waals surface area contributed by atoms with Crippen LogP contribution in [0.2, 0.25) is 5.02 Å². The average Bonchev–Trinajstić information content (AvgIpc) is 2.24. The van der Waals surface area contributed by atoms with Crippen LogP contribution in [0, 0.1) is 0 Å². The molecule has 0 radical (unpaired) electrons. The molecule has 1 aromatic rings. The number of nitrogens with one attached hydrogen (secondary N) is 1. The number of benzene rings is 1. The van der Waals surface area contributed by atoms with Gasteiger partial charge in [-0.3, -0.25) is 4.79 Å². The molecule has 0 aliphatic rings. The molecule has 1 rings (SSSR count). The van der Waals surface area contributed by atoms with Crippen LogP contribution < -0.4 is 4.72 Å². The normalized spacial score (nSPS) is 13.3. The fourth-order valence-electron chi connectivity index (χ4n) is 1.11. The van der Waals surface area contributed by atoms with Crippen LogP contribution in [0.15, 0.2) is 27.6 Å². The lowest BCUT2D eigenvalue weighted by molar-refractivity contribution is -0.139. The number of aliphatic carboxylic acids is 1. The highest BCUT2D eigenvalue weighted by Crippen LogP contribution is 2.25. The van der Waals surface area contributed by atoms with Gasteiger partial charge in [-0.2, -0.15) is 4.72 Å². The van der Waals surface area contributed by atoms with Gasteiger partial charge in [0.05, 0.1) is 11.6 Å². The van der Waals surface area contributed by atoms with Gasteiger partial charge >= 0.3 is 5.97 Å². The van der Waals surface area contributed by atoms with Crippen LogP contribution in [0.5, 0.6) is 0 Å². The highest BCUT2D eigenvalue weighted by molar-refractivity contribution is 9.10. The van der Waals surface area contributed by atoms with Crippen LogP contribution in [0.1, 0.15) is 0 Å². The Morgan fingerprint density at radius 3 is 2.56 bits per heavy atom. The second-order valence-corrected chi connectivity index (χ2v) is 6.27. The van der Waals surface area contributed by atoms with Gasteiger partial charge in [-0.15, -0.1) is 0 Å². The van der Waals surface area contributed by atoms with E-state index in [0.717, 1.165) is 0 Å². The van der Waals surface area contributed by atoms with Crippen LogP contribution in [-0.4, -0.2) is 37.2 Å². The SMILES string of the molecule is O=C(O)[C@@H](CO)NS(=O)(=O)c1ccc(Br)cc1Cl. The van der Waals surface area contributed by atoms with E-state index in [4.69, 9.17) is 21.8 Å². The van der Waals surface area contributed by atoms with Crippen LogP contribution in [0.4, 0.5) is 0 Å². The van der Waals surface area contributed by atoms with E-state index in [2.05, 4.69) is 15.9 Å². The zero-order chi connectivity index (χ0) is 13.9. The number of sulfonamides is 1. The molecule has 6 nitrogen and oxygen atoms in total. The summed E-state index contributed by atoms with van der Waals surface area (Å²) in [6.07, 6.45) is 0. The molecule has 0 bridgehead atoms. The first-order chi connectivity index (χ1) is 8.27. The van der Waals surface area contributed by atoms with Gasteiger partial charge in [0, 0.05) is 4.47 Å². The molecule has 0 amide bonds. The summed E-state index contributed by atoms with van der Waals surface area (Å²) in [5, 5.41) is 17.4. The molecule has 1 aromatic carbocycles. The van der Waals surface area contributed by atoms with Crippen LogP contribution in [0.25, 0.3) is 0 Å². The molecule has 0 aliphatic heterocycles. The van der Waals surface area contributed by atoms with Gasteiger partial charge in [-0.05, 0) is 18.2 Å². The smallest absolute Gasteiger partial charge is 0.324 e. The molecular formula is C9H9BrClNO5S. The zero-order valence-electron chi connectivity index (χ0n) is 8.80. The average molecular weight is 359 g/mol. The van der Waals surface area contributed by atoms with E-state index in [1.54, 1.807) is 0 Å². The van der Waals surface area contributed by atoms with Gasteiger partial charge in [0.15, 0.2) is 0 Å². The van der Waals surface area contributed by atoms with E-state index in [0.29, 0.717) is 4.47 Å². The minimum absolute atomic E-state index is 0.0565. The second-order valence-electron chi connectivity index (χ2n) is 3.27. The highest BCUT2D eigenvalue weighted by Gasteiger charge is 2.26. The Labute approximate surface area is 117 Å². The molecule has 9 heteroatoms. The van der Waals surface area contributed by atoms with Gasteiger partial charge in [0.1, 0.15) is 10.9 Å². The first kappa shape index (κ1) is 15.4. The van der Waals surface area contributed by atoms with Crippen molar-refractivity contribution < 1.29 is 23.4 Å². The number of halogens is 2. The van der Waals surface area contributed by atoms with Crippen LogP contribution in [0.3, 0.4) is 0 Å². The van der Waals surface area contributed by atoms with Crippen LogP contribution in [-0.2, 0) is 14.8 Å². The number of carboxylic acids is 1. The molecule has 100 valence electrons. The summed E-state index contributed by atoms with van der Waals surface area (Å²) in [5.74, 6) is -1.48. The Balaban J connectivity index is 3.10. The molecule has 0 aromatic heterocycles. The van der Waals surface area contributed by atoms with Crippen molar-refractivity contribution in [1.29, 1.82) is 0 Å². The lowest BCUT2D eigenvalue weighted by Gasteiger charge is -2.13. The number of hydrogen-bond donors (Lipinski definition) is 3. The molecule has 0 fully saturated rings. The molecular weight excluding hydrogens is 350 g/mol. The third kappa shape index (κ3) is 3.66. The molecule has 3 N–H and O–H groups in total. The van der Waals surface area contributed by atoms with Gasteiger partial charge in [-0.25, -0.2) is 8.42 Å². The van der Waals surface area contributed by atoms with E-state index in [-0.39, 0.29) is 9.92 Å². The maximum absolute atomic E-state index is 11.9. The minimum atomic E-state index is -4.11. The minimum Gasteiger partial charge on any atom is -0.480 e. The summed E-state index contributed by atoms with van der Waals surface area (Å²) < 4.78 is 26.1. The summed E-state index contributed by atoms with van der Waals surface area (Å²) in [7, 11) is -4.11. The van der Waals surface area contributed by atoms with E-state index < -0.39 is 28.6 Å². The van der Waals surface area contributed by atoms with Crippen molar-refractivity contribution in [1.82, 2.24) is 4.72 Å². The standard InChI is InChI=1S/C9H9BrClNO5S/c10-5-1-2-8(6(11)3-5)18(16,17)12-7(4-13)9(14)15/h1-3,7,12-13H,4H2,(H,14,15)/t7-/m1/s1. The molecule has 0 unspecified atom stereocenters. The Bertz CT molecular complexity index is 562. The summed E-state index contributed by atoms with van der Waals surface area (Å²) in [4.78, 5) is 10.4. The Hall–Kier alpha value is -0.670. The first-order valence-corrected chi connectivity index (χ1v) is 7.24. The van der Waals surface area contributed by atoms with E-state index in [1.807, 2.05) is 4.72 Å². The monoisotopic (exact) mass is 357 g/mol. The summed E-state index contributed by atoms with van der Waals surface area (Å²) >= 11 is 8.88. The van der Waals surface area contributed by atoms with Crippen molar-refractivity contribution in [3.63, 3.8) is 0 Å². The molecule has 0 heterocycles. The Morgan fingerprint density at radius 2 is 2.11 bits per heavy atom. The number of hydrogen-bond acceptors (Lipinski definition) is 4. The third-order valence-corrected chi connectivity index (χ3v) is 4.41. The fraction of sp³-hybridized carbons (Fsp3) is 0.222. The predicted octanol–water partition coefficient (Wildman–Crippen LogP) is 0.826. The molecule has 0 aliphatic carbocycles. The Kier molecular flexibility index (Phi) is 5.11. The lowest BCUT2D eigenvalue weighted by atomic mass is 10.3. The van der Waals surface area contributed by atoms with Crippen molar-refractivity contribution in [2.24, 2.45) is 0 Å². The quantitative estimate of drug-likeness (QED) is 0.723. The molecule has 0 saturated heterocycles. The number of carbonyl (C=O) groups is 1. The topological polar surface area (TPSA) is 104 Å². The lowest BCUT2D eigenvalue weighted by Crippen LogP contribution is -2.43. The van der Waals surface area contributed by atoms with Gasteiger partial charge in [0.2, 0.25) is 10.0 Å². The summed E-state index contributed by atoms with van der Waals surface area (Å²) in [5.41, 5.74) is 0. The van der Waals surface area contributed by atoms with Crippen molar-refractivity contribution in [3.05, 3.63) is 27.7 Å².